The van der Waals surface area contributed by atoms with E-state index in [-0.39, 0.29) is 5.91 Å². The number of nitrogens with one attached hydrogen (secondary N) is 1. The largest absolute Gasteiger partial charge is 0.377 e. The van der Waals surface area contributed by atoms with Gasteiger partial charge in [0.1, 0.15) is 17.8 Å². The fourth-order valence-electron chi connectivity index (χ4n) is 2.16. The van der Waals surface area contributed by atoms with Crippen molar-refractivity contribution in [1.82, 2.24) is 15.3 Å². The van der Waals surface area contributed by atoms with Gasteiger partial charge in [-0.15, -0.1) is 0 Å². The van der Waals surface area contributed by atoms with Crippen LogP contribution in [0.3, 0.4) is 0 Å². The fraction of sp³-hybridized carbons (Fsp3) is 0.571. The molecule has 1 atom stereocenters. The summed E-state index contributed by atoms with van der Waals surface area (Å²) in [5.74, 6) is 0.312. The van der Waals surface area contributed by atoms with Gasteiger partial charge in [-0.1, -0.05) is 6.92 Å². The minimum absolute atomic E-state index is 0.0971. The summed E-state index contributed by atoms with van der Waals surface area (Å²) in [6.45, 7) is 5.77. The third-order valence-corrected chi connectivity index (χ3v) is 3.19. The van der Waals surface area contributed by atoms with Crippen LogP contribution in [-0.2, 0) is 9.53 Å². The molecule has 2 heterocycles. The highest BCUT2D eigenvalue weighted by Gasteiger charge is 2.31. The topological polar surface area (TPSA) is 91.1 Å². The average Bonchev–Trinajstić information content (AvgIpc) is 2.51. The molecule has 1 aromatic rings. The molecule has 1 amide bonds. The van der Waals surface area contributed by atoms with E-state index in [4.69, 9.17) is 10.00 Å². The third-order valence-electron chi connectivity index (χ3n) is 3.19. The van der Waals surface area contributed by atoms with Crippen molar-refractivity contribution in [2.45, 2.75) is 26.3 Å². The van der Waals surface area contributed by atoms with Crippen molar-refractivity contribution in [2.24, 2.45) is 0 Å². The summed E-state index contributed by atoms with van der Waals surface area (Å²) < 4.78 is 5.40. The minimum Gasteiger partial charge on any atom is -0.377 e. The quantitative estimate of drug-likeness (QED) is 0.862. The number of morpholine rings is 1. The lowest BCUT2D eigenvalue weighted by Gasteiger charge is -2.34. The summed E-state index contributed by atoms with van der Waals surface area (Å²) in [5, 5.41) is 11.9. The van der Waals surface area contributed by atoms with Crippen LogP contribution in [-0.4, -0.2) is 48.2 Å². The molecule has 1 fully saturated rings. The van der Waals surface area contributed by atoms with Gasteiger partial charge >= 0.3 is 0 Å². The molecular weight excluding hydrogens is 270 g/mol. The van der Waals surface area contributed by atoms with E-state index in [1.165, 1.54) is 0 Å². The molecule has 2 rings (SSSR count). The summed E-state index contributed by atoms with van der Waals surface area (Å²) >= 11 is 0. The van der Waals surface area contributed by atoms with Crippen molar-refractivity contribution in [2.75, 3.05) is 31.2 Å². The van der Waals surface area contributed by atoms with Gasteiger partial charge in [-0.2, -0.15) is 5.26 Å². The predicted molar refractivity (Wildman–Crippen MR) is 76.7 cm³/mol. The number of ether oxygens (including phenoxy) is 1. The summed E-state index contributed by atoms with van der Waals surface area (Å²) in [6, 6.07) is 3.18. The number of carbonyl (C=O) groups is 1. The average molecular weight is 289 g/mol. The normalized spacial score (nSPS) is 18.1. The van der Waals surface area contributed by atoms with Crippen LogP contribution in [0.4, 0.5) is 5.95 Å². The van der Waals surface area contributed by atoms with Gasteiger partial charge < -0.3 is 15.0 Å². The van der Waals surface area contributed by atoms with E-state index in [0.29, 0.717) is 43.6 Å². The van der Waals surface area contributed by atoms with Gasteiger partial charge in [0.05, 0.1) is 13.2 Å². The van der Waals surface area contributed by atoms with Crippen LogP contribution in [0.5, 0.6) is 0 Å². The molecule has 0 bridgehead atoms. The van der Waals surface area contributed by atoms with E-state index in [0.717, 1.165) is 6.42 Å². The molecule has 1 aromatic heterocycles. The monoisotopic (exact) mass is 289 g/mol. The Kier molecular flexibility index (Phi) is 5.06. The number of amides is 1. The zero-order valence-corrected chi connectivity index (χ0v) is 12.3. The Balaban J connectivity index is 2.24. The molecule has 7 heteroatoms. The SMILES string of the molecule is CCCNC(=O)C1COCCN1c1nc(C)cc(C#N)n1. The Morgan fingerprint density at radius 1 is 1.62 bits per heavy atom. The second-order valence-electron chi connectivity index (χ2n) is 4.88. The highest BCUT2D eigenvalue weighted by atomic mass is 16.5. The molecule has 0 aromatic carbocycles. The van der Waals surface area contributed by atoms with Crippen molar-refractivity contribution >= 4 is 11.9 Å². The first-order valence-corrected chi connectivity index (χ1v) is 7.03. The first-order valence-electron chi connectivity index (χ1n) is 7.03. The maximum atomic E-state index is 12.2. The van der Waals surface area contributed by atoms with Gasteiger partial charge in [-0.25, -0.2) is 9.97 Å². The van der Waals surface area contributed by atoms with E-state index in [2.05, 4.69) is 15.3 Å². The number of hydrogen-bond acceptors (Lipinski definition) is 6. The van der Waals surface area contributed by atoms with E-state index >= 15 is 0 Å². The predicted octanol–water partition coefficient (Wildman–Crippen LogP) is 0.388. The van der Waals surface area contributed by atoms with E-state index in [1.807, 2.05) is 17.9 Å². The van der Waals surface area contributed by atoms with E-state index in [1.54, 1.807) is 13.0 Å². The molecule has 1 N–H and O–H groups in total. The lowest BCUT2D eigenvalue weighted by molar-refractivity contribution is -0.124. The van der Waals surface area contributed by atoms with Gasteiger partial charge in [0.25, 0.3) is 0 Å². The zero-order valence-electron chi connectivity index (χ0n) is 12.3. The van der Waals surface area contributed by atoms with Crippen LogP contribution >= 0.6 is 0 Å². The third kappa shape index (κ3) is 3.67. The molecule has 0 saturated carbocycles. The second-order valence-corrected chi connectivity index (χ2v) is 4.88. The van der Waals surface area contributed by atoms with Gasteiger partial charge in [0.2, 0.25) is 11.9 Å². The summed E-state index contributed by atoms with van der Waals surface area (Å²) in [6.07, 6.45) is 0.874. The standard InChI is InChI=1S/C14H19N5O2/c1-3-4-16-13(20)12-9-21-6-5-19(12)14-17-10(2)7-11(8-15)18-14/h7,12H,3-6,9H2,1-2H3,(H,16,20). The van der Waals surface area contributed by atoms with Crippen LogP contribution in [0.25, 0.3) is 0 Å². The number of nitriles is 1. The highest BCUT2D eigenvalue weighted by molar-refractivity contribution is 5.85. The van der Waals surface area contributed by atoms with Crippen LogP contribution in [0.2, 0.25) is 0 Å². The first kappa shape index (κ1) is 15.2. The van der Waals surface area contributed by atoms with Gasteiger partial charge in [-0.3, -0.25) is 4.79 Å². The molecular formula is C14H19N5O2. The van der Waals surface area contributed by atoms with Crippen molar-refractivity contribution in [1.29, 1.82) is 5.26 Å². The molecule has 0 spiro atoms. The van der Waals surface area contributed by atoms with Crippen LogP contribution < -0.4 is 10.2 Å². The Hall–Kier alpha value is -2.20. The molecule has 1 unspecified atom stereocenters. The lowest BCUT2D eigenvalue weighted by Crippen LogP contribution is -2.54. The van der Waals surface area contributed by atoms with Crippen LogP contribution in [0.1, 0.15) is 24.7 Å². The fourth-order valence-corrected chi connectivity index (χ4v) is 2.16. The molecule has 0 aliphatic carbocycles. The van der Waals surface area contributed by atoms with Gasteiger partial charge in [0, 0.05) is 18.8 Å². The van der Waals surface area contributed by atoms with Crippen molar-refractivity contribution in [3.05, 3.63) is 17.5 Å². The van der Waals surface area contributed by atoms with Crippen molar-refractivity contribution < 1.29 is 9.53 Å². The smallest absolute Gasteiger partial charge is 0.245 e. The molecule has 0 radical (unpaired) electrons. The van der Waals surface area contributed by atoms with Crippen LogP contribution in [0.15, 0.2) is 6.07 Å². The first-order chi connectivity index (χ1) is 10.2. The number of rotatable bonds is 4. The lowest BCUT2D eigenvalue weighted by atomic mass is 10.2. The highest BCUT2D eigenvalue weighted by Crippen LogP contribution is 2.16. The molecule has 21 heavy (non-hydrogen) atoms. The number of aryl methyl sites for hydroxylation is 1. The van der Waals surface area contributed by atoms with Crippen LogP contribution in [0, 0.1) is 18.3 Å². The van der Waals surface area contributed by atoms with E-state index in [9.17, 15) is 4.79 Å². The van der Waals surface area contributed by atoms with Crippen molar-refractivity contribution in [3.8, 4) is 6.07 Å². The number of anilines is 1. The Bertz CT molecular complexity index is 555. The summed E-state index contributed by atoms with van der Waals surface area (Å²) in [5.41, 5.74) is 1.01. The van der Waals surface area contributed by atoms with Gasteiger partial charge in [-0.05, 0) is 19.4 Å². The molecule has 1 aliphatic rings. The molecule has 1 aliphatic heterocycles. The Morgan fingerprint density at radius 3 is 3.14 bits per heavy atom. The Labute approximate surface area is 123 Å². The van der Waals surface area contributed by atoms with Gasteiger partial charge in [0.15, 0.2) is 0 Å². The second kappa shape index (κ2) is 6.99. The minimum atomic E-state index is -0.460. The molecule has 1 saturated heterocycles. The molecule has 7 nitrogen and oxygen atoms in total. The maximum absolute atomic E-state index is 12.2. The Morgan fingerprint density at radius 2 is 2.43 bits per heavy atom. The summed E-state index contributed by atoms with van der Waals surface area (Å²) in [7, 11) is 0. The number of hydrogen-bond donors (Lipinski definition) is 1. The maximum Gasteiger partial charge on any atom is 0.245 e. The summed E-state index contributed by atoms with van der Waals surface area (Å²) in [4.78, 5) is 22.6. The van der Waals surface area contributed by atoms with E-state index < -0.39 is 6.04 Å². The molecule has 112 valence electrons. The number of aromatic nitrogens is 2. The number of nitrogens with zero attached hydrogens (tertiary/aromatic N) is 4. The van der Waals surface area contributed by atoms with Crippen molar-refractivity contribution in [3.63, 3.8) is 0 Å². The number of carbonyl (C=O) groups excluding carboxylic acids is 1. The zero-order chi connectivity index (χ0) is 15.2.